The van der Waals surface area contributed by atoms with Crippen LogP contribution in [0.15, 0.2) is 0 Å². The number of nitrogens with one attached hydrogen (secondary N) is 1. The highest BCUT2D eigenvalue weighted by Gasteiger charge is 2.23. The molecule has 0 bridgehead atoms. The molecule has 0 saturated carbocycles. The van der Waals surface area contributed by atoms with Crippen molar-refractivity contribution in [2.24, 2.45) is 5.92 Å². The summed E-state index contributed by atoms with van der Waals surface area (Å²) >= 11 is 1.77. The number of rotatable bonds is 7. The van der Waals surface area contributed by atoms with Crippen LogP contribution >= 0.6 is 11.8 Å². The lowest BCUT2D eigenvalue weighted by atomic mass is 10.0. The van der Waals surface area contributed by atoms with E-state index in [-0.39, 0.29) is 5.92 Å². The Morgan fingerprint density at radius 3 is 2.62 bits per heavy atom. The van der Waals surface area contributed by atoms with Crippen molar-refractivity contribution >= 4 is 18.0 Å². The largest absolute Gasteiger partial charge is 0.391 e. The normalized spacial score (nSPS) is 17.8. The van der Waals surface area contributed by atoms with E-state index in [1.807, 2.05) is 6.92 Å². The zero-order chi connectivity index (χ0) is 10.3. The van der Waals surface area contributed by atoms with Crippen molar-refractivity contribution in [1.82, 2.24) is 5.32 Å². The summed E-state index contributed by atoms with van der Waals surface area (Å²) in [6, 6.07) is -0.563. The molecule has 0 aromatic heterocycles. The van der Waals surface area contributed by atoms with Gasteiger partial charge in [0.05, 0.1) is 6.10 Å². The number of carbonyl (C=O) groups excluding carboxylic acids is 1. The summed E-state index contributed by atoms with van der Waals surface area (Å²) in [6.45, 7) is 4.01. The molecule has 2 N–H and O–H groups in total. The molecule has 13 heavy (non-hydrogen) atoms. The molecule has 3 atom stereocenters. The third-order valence-corrected chi connectivity index (χ3v) is 3.12. The lowest BCUT2D eigenvalue weighted by Crippen LogP contribution is -2.43. The van der Waals surface area contributed by atoms with Crippen molar-refractivity contribution in [3.05, 3.63) is 0 Å². The molecule has 77 valence electrons. The monoisotopic (exact) mass is 204 g/mol. The molecule has 0 spiro atoms. The van der Waals surface area contributed by atoms with E-state index in [1.165, 1.54) is 0 Å². The van der Waals surface area contributed by atoms with Crippen LogP contribution in [0.4, 0.5) is 0 Å². The van der Waals surface area contributed by atoms with E-state index in [1.54, 1.807) is 25.1 Å². The van der Waals surface area contributed by atoms with Crippen LogP contribution in [0, 0.1) is 5.92 Å². The van der Waals surface area contributed by atoms with Crippen LogP contribution in [-0.4, -0.2) is 42.1 Å². The van der Waals surface area contributed by atoms with Crippen molar-refractivity contribution < 1.29 is 9.90 Å². The molecular weight excluding hydrogens is 186 g/mol. The van der Waals surface area contributed by atoms with Gasteiger partial charge in [0.2, 0.25) is 6.29 Å². The van der Waals surface area contributed by atoms with E-state index in [9.17, 15) is 9.90 Å². The predicted molar refractivity (Wildman–Crippen MR) is 56.7 cm³/mol. The number of thioether (sulfide) groups is 1. The SMILES string of the molecule is CCSC[C@@H](C)[C@@H](O)[C@@H]([C]=O)NC. The molecule has 4 heteroatoms. The second-order valence-electron chi connectivity index (χ2n) is 3.01. The second-order valence-corrected chi connectivity index (χ2v) is 4.33. The Morgan fingerprint density at radius 2 is 2.23 bits per heavy atom. The van der Waals surface area contributed by atoms with Crippen LogP contribution < -0.4 is 5.32 Å². The number of likely N-dealkylation sites (N-methyl/N-ethyl adjacent to an activating group) is 1. The average Bonchev–Trinajstić information content (AvgIpc) is 2.15. The van der Waals surface area contributed by atoms with Gasteiger partial charge in [-0.2, -0.15) is 11.8 Å². The third-order valence-electron chi connectivity index (χ3n) is 1.95. The summed E-state index contributed by atoms with van der Waals surface area (Å²) in [5, 5.41) is 12.4. The summed E-state index contributed by atoms with van der Waals surface area (Å²) in [5.74, 6) is 2.02. The van der Waals surface area contributed by atoms with Crippen LogP contribution in [0.2, 0.25) is 0 Å². The lowest BCUT2D eigenvalue weighted by Gasteiger charge is -2.22. The Bertz CT molecular complexity index is 144. The first kappa shape index (κ1) is 12.9. The maximum absolute atomic E-state index is 10.4. The molecule has 0 aromatic rings. The topological polar surface area (TPSA) is 49.3 Å². The first-order valence-corrected chi connectivity index (χ1v) is 5.63. The number of hydrogen-bond donors (Lipinski definition) is 2. The van der Waals surface area contributed by atoms with Gasteiger partial charge in [-0.25, -0.2) is 0 Å². The fourth-order valence-corrected chi connectivity index (χ4v) is 1.83. The lowest BCUT2D eigenvalue weighted by molar-refractivity contribution is 0.109. The molecule has 0 amide bonds. The van der Waals surface area contributed by atoms with Crippen molar-refractivity contribution in [2.45, 2.75) is 26.0 Å². The first-order valence-electron chi connectivity index (χ1n) is 4.48. The van der Waals surface area contributed by atoms with Gasteiger partial charge in [-0.1, -0.05) is 13.8 Å². The van der Waals surface area contributed by atoms with Crippen molar-refractivity contribution in [1.29, 1.82) is 0 Å². The Morgan fingerprint density at radius 1 is 1.62 bits per heavy atom. The standard InChI is InChI=1S/C9H18NO2S/c1-4-13-6-7(2)9(12)8(5-11)10-3/h7-10,12H,4,6H2,1-3H3/t7-,8-,9-/m1/s1. The van der Waals surface area contributed by atoms with Gasteiger partial charge in [0.1, 0.15) is 6.04 Å². The van der Waals surface area contributed by atoms with E-state index >= 15 is 0 Å². The van der Waals surface area contributed by atoms with Crippen LogP contribution in [0.5, 0.6) is 0 Å². The van der Waals surface area contributed by atoms with Crippen molar-refractivity contribution in [3.8, 4) is 0 Å². The Kier molecular flexibility index (Phi) is 7.32. The van der Waals surface area contributed by atoms with E-state index in [0.717, 1.165) is 11.5 Å². The molecule has 0 heterocycles. The van der Waals surface area contributed by atoms with E-state index in [2.05, 4.69) is 12.2 Å². The molecule has 0 aliphatic heterocycles. The summed E-state index contributed by atoms with van der Waals surface area (Å²) in [5.41, 5.74) is 0. The zero-order valence-corrected chi connectivity index (χ0v) is 9.23. The predicted octanol–water partition coefficient (Wildman–Crippen LogP) is 0.434. The summed E-state index contributed by atoms with van der Waals surface area (Å²) < 4.78 is 0. The maximum atomic E-state index is 10.4. The molecule has 1 radical (unpaired) electrons. The first-order chi connectivity index (χ1) is 6.17. The fourth-order valence-electron chi connectivity index (χ4n) is 1.03. The number of aliphatic hydroxyl groups excluding tert-OH is 1. The molecule has 0 aromatic carbocycles. The molecular formula is C9H18NO2S. The number of aliphatic hydroxyl groups is 1. The highest BCUT2D eigenvalue weighted by molar-refractivity contribution is 7.99. The minimum Gasteiger partial charge on any atom is -0.391 e. The maximum Gasteiger partial charge on any atom is 0.219 e. The van der Waals surface area contributed by atoms with E-state index in [0.29, 0.717) is 0 Å². The van der Waals surface area contributed by atoms with Crippen molar-refractivity contribution in [3.63, 3.8) is 0 Å². The summed E-state index contributed by atoms with van der Waals surface area (Å²) in [4.78, 5) is 10.4. The second kappa shape index (κ2) is 7.35. The van der Waals surface area contributed by atoms with Crippen LogP contribution in [0.3, 0.4) is 0 Å². The Hall–Kier alpha value is -0.0600. The third kappa shape index (κ3) is 4.64. The van der Waals surface area contributed by atoms with E-state index < -0.39 is 12.1 Å². The molecule has 0 aliphatic rings. The Labute approximate surface area is 84.3 Å². The van der Waals surface area contributed by atoms with E-state index in [4.69, 9.17) is 0 Å². The highest BCUT2D eigenvalue weighted by atomic mass is 32.2. The summed E-state index contributed by atoms with van der Waals surface area (Å²) in [6.07, 6.45) is 1.15. The molecule has 3 nitrogen and oxygen atoms in total. The molecule has 0 aliphatic carbocycles. The quantitative estimate of drug-likeness (QED) is 0.631. The van der Waals surface area contributed by atoms with Crippen LogP contribution in [-0.2, 0) is 4.79 Å². The zero-order valence-electron chi connectivity index (χ0n) is 8.41. The van der Waals surface area contributed by atoms with Gasteiger partial charge >= 0.3 is 0 Å². The molecule has 0 saturated heterocycles. The molecule has 0 unspecified atom stereocenters. The van der Waals surface area contributed by atoms with Gasteiger partial charge in [-0.3, -0.25) is 4.79 Å². The van der Waals surface area contributed by atoms with Gasteiger partial charge in [0.15, 0.2) is 0 Å². The smallest absolute Gasteiger partial charge is 0.219 e. The highest BCUT2D eigenvalue weighted by Crippen LogP contribution is 2.13. The van der Waals surface area contributed by atoms with Gasteiger partial charge in [0, 0.05) is 0 Å². The molecule has 0 fully saturated rings. The average molecular weight is 204 g/mol. The van der Waals surface area contributed by atoms with Gasteiger partial charge in [-0.15, -0.1) is 0 Å². The minimum absolute atomic E-state index is 0.115. The molecule has 0 rings (SSSR count). The van der Waals surface area contributed by atoms with Crippen molar-refractivity contribution in [2.75, 3.05) is 18.6 Å². The van der Waals surface area contributed by atoms with Gasteiger partial charge < -0.3 is 10.4 Å². The van der Waals surface area contributed by atoms with Crippen LogP contribution in [0.1, 0.15) is 13.8 Å². The van der Waals surface area contributed by atoms with Gasteiger partial charge in [0.25, 0.3) is 0 Å². The minimum atomic E-state index is -0.637. The van der Waals surface area contributed by atoms with Gasteiger partial charge in [-0.05, 0) is 24.5 Å². The fraction of sp³-hybridized carbons (Fsp3) is 0.889. The summed E-state index contributed by atoms with van der Waals surface area (Å²) in [7, 11) is 1.65. The number of hydrogen-bond acceptors (Lipinski definition) is 4. The van der Waals surface area contributed by atoms with Crippen LogP contribution in [0.25, 0.3) is 0 Å². The Balaban J connectivity index is 3.90.